The first-order chi connectivity index (χ1) is 11.3. The molecule has 1 aromatic carbocycles. The number of aromatic amines is 1. The predicted molar refractivity (Wildman–Crippen MR) is 91.6 cm³/mol. The van der Waals surface area contributed by atoms with Gasteiger partial charge in [0.2, 0.25) is 0 Å². The molecule has 1 atom stereocenters. The molecule has 6 heteroatoms. The number of amides is 2. The van der Waals surface area contributed by atoms with E-state index in [-0.39, 0.29) is 5.41 Å². The zero-order valence-corrected chi connectivity index (χ0v) is 14.3. The molecule has 0 saturated heterocycles. The number of carbonyl (C=O) groups is 2. The SMILES string of the molecule is CC(Oc1cccc(C(C)(C)C)c1)C(=O)NNC(=O)c1ccc[nH]1. The molecule has 2 rings (SSSR count). The summed E-state index contributed by atoms with van der Waals surface area (Å²) < 4.78 is 5.66. The molecule has 0 aliphatic rings. The Kier molecular flexibility index (Phi) is 5.28. The van der Waals surface area contributed by atoms with Gasteiger partial charge in [-0.1, -0.05) is 32.9 Å². The van der Waals surface area contributed by atoms with Gasteiger partial charge in [0.25, 0.3) is 11.8 Å². The average molecular weight is 329 g/mol. The Morgan fingerprint density at radius 2 is 1.88 bits per heavy atom. The highest BCUT2D eigenvalue weighted by Gasteiger charge is 2.18. The Labute approximate surface area is 141 Å². The van der Waals surface area contributed by atoms with E-state index in [2.05, 4.69) is 36.6 Å². The second kappa shape index (κ2) is 7.21. The highest BCUT2D eigenvalue weighted by molar-refractivity contribution is 5.94. The lowest BCUT2D eigenvalue weighted by atomic mass is 9.87. The van der Waals surface area contributed by atoms with Crippen molar-refractivity contribution in [1.82, 2.24) is 15.8 Å². The van der Waals surface area contributed by atoms with E-state index in [1.165, 1.54) is 0 Å². The second-order valence-electron chi connectivity index (χ2n) is 6.57. The summed E-state index contributed by atoms with van der Waals surface area (Å²) in [4.78, 5) is 26.5. The van der Waals surface area contributed by atoms with Crippen LogP contribution in [0.5, 0.6) is 5.75 Å². The minimum Gasteiger partial charge on any atom is -0.481 e. The van der Waals surface area contributed by atoms with Crippen LogP contribution in [0, 0.1) is 0 Å². The fraction of sp³-hybridized carbons (Fsp3) is 0.333. The van der Waals surface area contributed by atoms with E-state index in [1.807, 2.05) is 18.2 Å². The van der Waals surface area contributed by atoms with E-state index in [1.54, 1.807) is 31.3 Å². The summed E-state index contributed by atoms with van der Waals surface area (Å²) in [5.74, 6) is -0.243. The van der Waals surface area contributed by atoms with Crippen LogP contribution in [0.4, 0.5) is 0 Å². The van der Waals surface area contributed by atoms with Crippen LogP contribution in [0.2, 0.25) is 0 Å². The van der Waals surface area contributed by atoms with Crippen LogP contribution in [0.25, 0.3) is 0 Å². The van der Waals surface area contributed by atoms with Gasteiger partial charge in [-0.3, -0.25) is 20.4 Å². The molecule has 0 aliphatic carbocycles. The summed E-state index contributed by atoms with van der Waals surface area (Å²) >= 11 is 0. The molecule has 6 nitrogen and oxygen atoms in total. The zero-order valence-electron chi connectivity index (χ0n) is 14.3. The van der Waals surface area contributed by atoms with Gasteiger partial charge < -0.3 is 9.72 Å². The summed E-state index contributed by atoms with van der Waals surface area (Å²) in [6, 6.07) is 10.9. The van der Waals surface area contributed by atoms with Crippen molar-refractivity contribution >= 4 is 11.8 Å². The van der Waals surface area contributed by atoms with Crippen LogP contribution in [-0.4, -0.2) is 22.9 Å². The first kappa shape index (κ1) is 17.6. The minimum absolute atomic E-state index is 0.00508. The Bertz CT molecular complexity index is 703. The molecule has 0 fully saturated rings. The van der Waals surface area contributed by atoms with Gasteiger partial charge in [-0.25, -0.2) is 0 Å². The molecular formula is C18H23N3O3. The lowest BCUT2D eigenvalue weighted by molar-refractivity contribution is -0.128. The second-order valence-corrected chi connectivity index (χ2v) is 6.57. The maximum atomic E-state index is 12.0. The van der Waals surface area contributed by atoms with Gasteiger partial charge in [0.05, 0.1) is 0 Å². The van der Waals surface area contributed by atoms with Crippen LogP contribution in [0.1, 0.15) is 43.7 Å². The van der Waals surface area contributed by atoms with Crippen molar-refractivity contribution in [3.8, 4) is 5.75 Å². The van der Waals surface area contributed by atoms with E-state index < -0.39 is 17.9 Å². The maximum absolute atomic E-state index is 12.0. The number of hydrogen-bond donors (Lipinski definition) is 3. The smallest absolute Gasteiger partial charge is 0.286 e. The maximum Gasteiger partial charge on any atom is 0.286 e. The van der Waals surface area contributed by atoms with E-state index in [0.717, 1.165) is 5.56 Å². The minimum atomic E-state index is -0.746. The van der Waals surface area contributed by atoms with Gasteiger partial charge in [0, 0.05) is 6.20 Å². The van der Waals surface area contributed by atoms with Crippen molar-refractivity contribution < 1.29 is 14.3 Å². The molecule has 2 aromatic rings. The molecule has 0 radical (unpaired) electrons. The van der Waals surface area contributed by atoms with Crippen LogP contribution >= 0.6 is 0 Å². The normalized spacial score (nSPS) is 12.3. The third-order valence-corrected chi connectivity index (χ3v) is 3.52. The highest BCUT2D eigenvalue weighted by Crippen LogP contribution is 2.26. The van der Waals surface area contributed by atoms with Gasteiger partial charge in [-0.05, 0) is 42.2 Å². The Balaban J connectivity index is 1.91. The summed E-state index contributed by atoms with van der Waals surface area (Å²) in [5, 5.41) is 0. The van der Waals surface area contributed by atoms with Crippen LogP contribution in [0.3, 0.4) is 0 Å². The van der Waals surface area contributed by atoms with Crippen molar-refractivity contribution in [3.05, 3.63) is 53.9 Å². The third-order valence-electron chi connectivity index (χ3n) is 3.52. The largest absolute Gasteiger partial charge is 0.481 e. The number of benzene rings is 1. The number of hydrogen-bond acceptors (Lipinski definition) is 3. The molecule has 0 bridgehead atoms. The summed E-state index contributed by atoms with van der Waals surface area (Å²) in [6.07, 6.45) is 0.883. The summed E-state index contributed by atoms with van der Waals surface area (Å²) in [7, 11) is 0. The highest BCUT2D eigenvalue weighted by atomic mass is 16.5. The lowest BCUT2D eigenvalue weighted by Crippen LogP contribution is -2.47. The summed E-state index contributed by atoms with van der Waals surface area (Å²) in [6.45, 7) is 7.95. The summed E-state index contributed by atoms with van der Waals surface area (Å²) in [5.41, 5.74) is 6.17. The van der Waals surface area contributed by atoms with Crippen LogP contribution < -0.4 is 15.6 Å². The molecular weight excluding hydrogens is 306 g/mol. The molecule has 3 N–H and O–H groups in total. The molecule has 1 aromatic heterocycles. The van der Waals surface area contributed by atoms with E-state index >= 15 is 0 Å². The standard InChI is InChI=1S/C18H23N3O3/c1-12(16(22)20-21-17(23)15-9-6-10-19-15)24-14-8-5-7-13(11-14)18(2,3)4/h5-12,19H,1-4H3,(H,20,22)(H,21,23). The zero-order chi connectivity index (χ0) is 17.7. The molecule has 128 valence electrons. The molecule has 0 saturated carbocycles. The monoisotopic (exact) mass is 329 g/mol. The fourth-order valence-electron chi connectivity index (χ4n) is 2.05. The van der Waals surface area contributed by atoms with E-state index in [4.69, 9.17) is 4.74 Å². The van der Waals surface area contributed by atoms with E-state index in [0.29, 0.717) is 11.4 Å². The van der Waals surface area contributed by atoms with Crippen molar-refractivity contribution in [2.75, 3.05) is 0 Å². The fourth-order valence-corrected chi connectivity index (χ4v) is 2.05. The number of H-pyrrole nitrogens is 1. The van der Waals surface area contributed by atoms with Crippen molar-refractivity contribution in [1.29, 1.82) is 0 Å². The van der Waals surface area contributed by atoms with Gasteiger partial charge in [0.1, 0.15) is 11.4 Å². The van der Waals surface area contributed by atoms with Gasteiger partial charge in [0.15, 0.2) is 6.10 Å². The van der Waals surface area contributed by atoms with Gasteiger partial charge in [-0.15, -0.1) is 0 Å². The van der Waals surface area contributed by atoms with Gasteiger partial charge >= 0.3 is 0 Å². The van der Waals surface area contributed by atoms with Gasteiger partial charge in [-0.2, -0.15) is 0 Å². The number of carbonyl (C=O) groups excluding carboxylic acids is 2. The predicted octanol–water partition coefficient (Wildman–Crippen LogP) is 2.54. The van der Waals surface area contributed by atoms with Crippen LogP contribution in [-0.2, 0) is 10.2 Å². The number of aromatic nitrogens is 1. The Morgan fingerprint density at radius 3 is 2.50 bits per heavy atom. The molecule has 24 heavy (non-hydrogen) atoms. The number of rotatable bonds is 4. The van der Waals surface area contributed by atoms with Crippen LogP contribution in [0.15, 0.2) is 42.6 Å². The first-order valence-corrected chi connectivity index (χ1v) is 7.78. The molecule has 2 amide bonds. The molecule has 1 unspecified atom stereocenters. The van der Waals surface area contributed by atoms with Crippen molar-refractivity contribution in [2.45, 2.75) is 39.2 Å². The first-order valence-electron chi connectivity index (χ1n) is 7.78. The number of hydrazine groups is 1. The molecule has 1 heterocycles. The molecule has 0 spiro atoms. The Morgan fingerprint density at radius 1 is 1.12 bits per heavy atom. The van der Waals surface area contributed by atoms with Crippen molar-refractivity contribution in [2.24, 2.45) is 0 Å². The lowest BCUT2D eigenvalue weighted by Gasteiger charge is -2.21. The molecule has 0 aliphatic heterocycles. The topological polar surface area (TPSA) is 83.2 Å². The number of nitrogens with one attached hydrogen (secondary N) is 3. The average Bonchev–Trinajstić information content (AvgIpc) is 3.06. The third kappa shape index (κ3) is 4.62. The quantitative estimate of drug-likeness (QED) is 0.754. The van der Waals surface area contributed by atoms with E-state index in [9.17, 15) is 9.59 Å². The van der Waals surface area contributed by atoms with Crippen molar-refractivity contribution in [3.63, 3.8) is 0 Å². The Hall–Kier alpha value is -2.76. The number of ether oxygens (including phenoxy) is 1.